The van der Waals surface area contributed by atoms with Crippen LogP contribution in [0.1, 0.15) is 17.3 Å². The van der Waals surface area contributed by atoms with E-state index in [-0.39, 0.29) is 12.5 Å². The van der Waals surface area contributed by atoms with Gasteiger partial charge in [-0.3, -0.25) is 9.59 Å². The van der Waals surface area contributed by atoms with Gasteiger partial charge in [-0.2, -0.15) is 0 Å². The summed E-state index contributed by atoms with van der Waals surface area (Å²) >= 11 is 0. The number of nitrogens with one attached hydrogen (secondary N) is 1. The van der Waals surface area contributed by atoms with Crippen molar-refractivity contribution in [3.8, 4) is 11.5 Å². The van der Waals surface area contributed by atoms with E-state index in [4.69, 9.17) is 15.2 Å². The molecule has 0 saturated carbocycles. The highest BCUT2D eigenvalue weighted by atomic mass is 16.5. The summed E-state index contributed by atoms with van der Waals surface area (Å²) in [5, 5.41) is 2.77. The van der Waals surface area contributed by atoms with Crippen LogP contribution in [0.3, 0.4) is 0 Å². The quantitative estimate of drug-likeness (QED) is 0.819. The normalized spacial score (nSPS) is 9.96. The Kier molecular flexibility index (Phi) is 5.57. The minimum Gasteiger partial charge on any atom is -0.494 e. The lowest BCUT2D eigenvalue weighted by Gasteiger charge is -2.08. The van der Waals surface area contributed by atoms with Gasteiger partial charge in [0.15, 0.2) is 6.61 Å². The van der Waals surface area contributed by atoms with E-state index in [2.05, 4.69) is 5.32 Å². The van der Waals surface area contributed by atoms with Gasteiger partial charge >= 0.3 is 0 Å². The van der Waals surface area contributed by atoms with Gasteiger partial charge in [0.25, 0.3) is 11.8 Å². The van der Waals surface area contributed by atoms with E-state index in [0.717, 1.165) is 5.75 Å². The van der Waals surface area contributed by atoms with Gasteiger partial charge in [-0.1, -0.05) is 0 Å². The van der Waals surface area contributed by atoms with Crippen molar-refractivity contribution in [2.75, 3.05) is 18.5 Å². The molecule has 0 heterocycles. The molecule has 2 aromatic rings. The molecule has 0 aliphatic heterocycles. The fraction of sp³-hybridized carbons (Fsp3) is 0.176. The molecule has 0 aromatic heterocycles. The van der Waals surface area contributed by atoms with Gasteiger partial charge in [0, 0.05) is 11.3 Å². The number of nitrogens with two attached hydrogens (primary N) is 1. The molecule has 0 unspecified atom stereocenters. The van der Waals surface area contributed by atoms with Gasteiger partial charge in [-0.25, -0.2) is 0 Å². The van der Waals surface area contributed by atoms with Crippen molar-refractivity contribution in [1.29, 1.82) is 0 Å². The molecular weight excluding hydrogens is 296 g/mol. The van der Waals surface area contributed by atoms with E-state index in [0.29, 0.717) is 23.6 Å². The third-order valence-corrected chi connectivity index (χ3v) is 2.92. The lowest BCUT2D eigenvalue weighted by Crippen LogP contribution is -2.20. The van der Waals surface area contributed by atoms with Crippen LogP contribution >= 0.6 is 0 Å². The van der Waals surface area contributed by atoms with Crippen molar-refractivity contribution in [1.82, 2.24) is 0 Å². The number of benzene rings is 2. The maximum absolute atomic E-state index is 12.1. The predicted octanol–water partition coefficient (Wildman–Crippen LogP) is 2.20. The van der Waals surface area contributed by atoms with Crippen LogP contribution in [0.4, 0.5) is 5.69 Å². The number of carbonyl (C=O) groups excluding carboxylic acids is 2. The van der Waals surface area contributed by atoms with Gasteiger partial charge in [0.1, 0.15) is 11.5 Å². The van der Waals surface area contributed by atoms with E-state index < -0.39 is 5.91 Å². The number of hydrogen-bond donors (Lipinski definition) is 2. The van der Waals surface area contributed by atoms with Crippen LogP contribution in [0, 0.1) is 0 Å². The largest absolute Gasteiger partial charge is 0.494 e. The van der Waals surface area contributed by atoms with E-state index in [1.54, 1.807) is 48.5 Å². The topological polar surface area (TPSA) is 90.7 Å². The van der Waals surface area contributed by atoms with E-state index in [1.165, 1.54) is 0 Å². The molecule has 6 nitrogen and oxygen atoms in total. The minimum absolute atomic E-state index is 0.183. The maximum atomic E-state index is 12.1. The molecule has 0 radical (unpaired) electrons. The van der Waals surface area contributed by atoms with Crippen LogP contribution in [-0.4, -0.2) is 25.0 Å². The Morgan fingerprint density at radius 1 is 0.957 bits per heavy atom. The van der Waals surface area contributed by atoms with Gasteiger partial charge in [-0.15, -0.1) is 0 Å². The fourth-order valence-electron chi connectivity index (χ4n) is 1.86. The molecule has 2 aromatic carbocycles. The van der Waals surface area contributed by atoms with Gasteiger partial charge < -0.3 is 20.5 Å². The average molecular weight is 314 g/mol. The van der Waals surface area contributed by atoms with E-state index in [9.17, 15) is 9.59 Å². The Morgan fingerprint density at radius 3 is 2.09 bits per heavy atom. The summed E-state index contributed by atoms with van der Waals surface area (Å²) in [5.74, 6) is 0.458. The maximum Gasteiger partial charge on any atom is 0.255 e. The Labute approximate surface area is 134 Å². The third-order valence-electron chi connectivity index (χ3n) is 2.92. The van der Waals surface area contributed by atoms with Crippen LogP contribution in [0.15, 0.2) is 48.5 Å². The van der Waals surface area contributed by atoms with Crippen molar-refractivity contribution in [3.63, 3.8) is 0 Å². The molecule has 6 heteroatoms. The highest BCUT2D eigenvalue weighted by Gasteiger charge is 2.06. The zero-order chi connectivity index (χ0) is 16.7. The number of amides is 2. The van der Waals surface area contributed by atoms with Crippen molar-refractivity contribution in [2.45, 2.75) is 6.92 Å². The number of ether oxygens (including phenoxy) is 2. The third kappa shape index (κ3) is 5.03. The molecule has 0 fully saturated rings. The average Bonchev–Trinajstić information content (AvgIpc) is 2.55. The fourth-order valence-corrected chi connectivity index (χ4v) is 1.86. The molecule has 3 N–H and O–H groups in total. The Hall–Kier alpha value is -3.02. The summed E-state index contributed by atoms with van der Waals surface area (Å²) in [6, 6.07) is 13.6. The van der Waals surface area contributed by atoms with Crippen molar-refractivity contribution >= 4 is 17.5 Å². The first-order chi connectivity index (χ1) is 11.1. The summed E-state index contributed by atoms with van der Waals surface area (Å²) in [6.45, 7) is 2.30. The summed E-state index contributed by atoms with van der Waals surface area (Å²) in [7, 11) is 0. The first kappa shape index (κ1) is 16.4. The molecule has 23 heavy (non-hydrogen) atoms. The molecular formula is C17H18N2O4. The van der Waals surface area contributed by atoms with Crippen molar-refractivity contribution in [2.24, 2.45) is 5.73 Å². The summed E-state index contributed by atoms with van der Waals surface area (Å²) in [4.78, 5) is 22.8. The summed E-state index contributed by atoms with van der Waals surface area (Å²) in [6.07, 6.45) is 0. The summed E-state index contributed by atoms with van der Waals surface area (Å²) < 4.78 is 10.5. The molecule has 0 spiro atoms. The highest BCUT2D eigenvalue weighted by molar-refractivity contribution is 6.04. The zero-order valence-electron chi connectivity index (χ0n) is 12.7. The Morgan fingerprint density at radius 2 is 1.52 bits per heavy atom. The van der Waals surface area contributed by atoms with Crippen molar-refractivity contribution < 1.29 is 19.1 Å². The standard InChI is InChI=1S/C17H18N2O4/c1-2-22-14-7-3-12(4-8-14)17(21)19-13-5-9-15(10-6-13)23-11-16(18)20/h3-10H,2,11H2,1H3,(H2,18,20)(H,19,21). The van der Waals surface area contributed by atoms with Crippen LogP contribution in [0.2, 0.25) is 0 Å². The lowest BCUT2D eigenvalue weighted by molar-refractivity contribution is -0.119. The Bertz CT molecular complexity index is 666. The number of hydrogen-bond acceptors (Lipinski definition) is 4. The number of primary amides is 1. The number of rotatable bonds is 7. The second-order valence-corrected chi connectivity index (χ2v) is 4.69. The van der Waals surface area contributed by atoms with Crippen molar-refractivity contribution in [3.05, 3.63) is 54.1 Å². The Balaban J connectivity index is 1.95. The first-order valence-electron chi connectivity index (χ1n) is 7.14. The van der Waals surface area contributed by atoms with Gasteiger partial charge in [0.2, 0.25) is 0 Å². The lowest BCUT2D eigenvalue weighted by atomic mass is 10.2. The SMILES string of the molecule is CCOc1ccc(C(=O)Nc2ccc(OCC(N)=O)cc2)cc1. The summed E-state index contributed by atoms with van der Waals surface area (Å²) in [5.41, 5.74) is 6.15. The molecule has 2 amide bonds. The molecule has 0 saturated heterocycles. The predicted molar refractivity (Wildman–Crippen MR) is 86.7 cm³/mol. The second-order valence-electron chi connectivity index (χ2n) is 4.69. The molecule has 0 atom stereocenters. The van der Waals surface area contributed by atoms with E-state index in [1.807, 2.05) is 6.92 Å². The van der Waals surface area contributed by atoms with E-state index >= 15 is 0 Å². The van der Waals surface area contributed by atoms with Gasteiger partial charge in [-0.05, 0) is 55.5 Å². The smallest absolute Gasteiger partial charge is 0.255 e. The molecule has 2 rings (SSSR count). The minimum atomic E-state index is -0.544. The van der Waals surface area contributed by atoms with Crippen LogP contribution in [0.5, 0.6) is 11.5 Å². The molecule has 0 bridgehead atoms. The van der Waals surface area contributed by atoms with Crippen LogP contribution in [-0.2, 0) is 4.79 Å². The zero-order valence-corrected chi connectivity index (χ0v) is 12.7. The molecule has 120 valence electrons. The van der Waals surface area contributed by atoms with Crippen LogP contribution in [0.25, 0.3) is 0 Å². The number of anilines is 1. The highest BCUT2D eigenvalue weighted by Crippen LogP contribution is 2.17. The molecule has 0 aliphatic rings. The van der Waals surface area contributed by atoms with Gasteiger partial charge in [0.05, 0.1) is 6.61 Å². The van der Waals surface area contributed by atoms with Crippen LogP contribution < -0.4 is 20.5 Å². The monoisotopic (exact) mass is 314 g/mol. The number of carbonyl (C=O) groups is 2. The second kappa shape index (κ2) is 7.84. The first-order valence-corrected chi connectivity index (χ1v) is 7.14. The molecule has 0 aliphatic carbocycles.